The van der Waals surface area contributed by atoms with Crippen LogP contribution in [0.5, 0.6) is 0 Å². The first-order chi connectivity index (χ1) is 12.6. The quantitative estimate of drug-likeness (QED) is 0.309. The van der Waals surface area contributed by atoms with E-state index in [1.54, 1.807) is 21.1 Å². The Labute approximate surface area is 173 Å². The molecular formula is C19H39NO3S3. The molecule has 2 N–H and O–H groups in total. The third kappa shape index (κ3) is 15.6. The fraction of sp³-hybridized carbons (Fsp3) is 0.947. The molecule has 0 unspecified atom stereocenters. The van der Waals surface area contributed by atoms with Gasteiger partial charge >= 0.3 is 0 Å². The lowest BCUT2D eigenvalue weighted by atomic mass is 9.76. The molecule has 0 aliphatic heterocycles. The Morgan fingerprint density at radius 1 is 0.846 bits per heavy atom. The van der Waals surface area contributed by atoms with Gasteiger partial charge in [0.05, 0.1) is 13.2 Å². The monoisotopic (exact) mass is 425 g/mol. The average Bonchev–Trinajstić information content (AvgIpc) is 2.63. The average molecular weight is 426 g/mol. The van der Waals surface area contributed by atoms with E-state index in [2.05, 4.69) is 0 Å². The van der Waals surface area contributed by atoms with Crippen LogP contribution in [0.25, 0.3) is 0 Å². The van der Waals surface area contributed by atoms with Gasteiger partial charge in [-0.2, -0.15) is 23.5 Å². The van der Waals surface area contributed by atoms with Crippen LogP contribution in [0, 0.1) is 5.41 Å². The van der Waals surface area contributed by atoms with E-state index in [0.717, 1.165) is 49.9 Å². The highest BCUT2D eigenvalue weighted by atomic mass is 32.2. The van der Waals surface area contributed by atoms with E-state index < -0.39 is 0 Å². The number of nitrogens with two attached hydrogens (primary N) is 1. The standard InChI is InChI=1S/C19H39NO3S3/c1-18(21)26-14-6-9-19(17-20,7-4-12-24-15-10-22-2)8-5-13-25-16-11-23-3/h4-17,20H2,1-3H3. The van der Waals surface area contributed by atoms with Crippen molar-refractivity contribution in [3.8, 4) is 0 Å². The van der Waals surface area contributed by atoms with Crippen LogP contribution < -0.4 is 5.73 Å². The number of methoxy groups -OCH3 is 2. The Kier molecular flexibility index (Phi) is 19.4. The molecule has 0 saturated heterocycles. The lowest BCUT2D eigenvalue weighted by Gasteiger charge is -2.33. The molecule has 0 atom stereocenters. The summed E-state index contributed by atoms with van der Waals surface area (Å²) in [6.45, 7) is 4.06. The molecule has 0 fully saturated rings. The second-order valence-corrected chi connectivity index (χ2v) is 10.3. The molecule has 26 heavy (non-hydrogen) atoms. The van der Waals surface area contributed by atoms with E-state index in [0.29, 0.717) is 0 Å². The third-order valence-corrected chi connectivity index (χ3v) is 7.41. The largest absolute Gasteiger partial charge is 0.384 e. The molecule has 7 heteroatoms. The fourth-order valence-electron chi connectivity index (χ4n) is 2.93. The molecule has 156 valence electrons. The van der Waals surface area contributed by atoms with Crippen molar-refractivity contribution < 1.29 is 14.3 Å². The Balaban J connectivity index is 4.28. The van der Waals surface area contributed by atoms with Crippen LogP contribution in [0.3, 0.4) is 0 Å². The van der Waals surface area contributed by atoms with Crippen molar-refractivity contribution in [2.24, 2.45) is 11.1 Å². The first kappa shape index (κ1) is 26.6. The summed E-state index contributed by atoms with van der Waals surface area (Å²) in [6.07, 6.45) is 7.02. The predicted octanol–water partition coefficient (Wildman–Crippen LogP) is 4.31. The summed E-state index contributed by atoms with van der Waals surface area (Å²) in [7, 11) is 3.51. The van der Waals surface area contributed by atoms with Gasteiger partial charge in [-0.1, -0.05) is 11.8 Å². The molecule has 0 rings (SSSR count). The topological polar surface area (TPSA) is 61.6 Å². The van der Waals surface area contributed by atoms with Crippen molar-refractivity contribution in [1.29, 1.82) is 0 Å². The smallest absolute Gasteiger partial charge is 0.185 e. The lowest BCUT2D eigenvalue weighted by Crippen LogP contribution is -2.31. The van der Waals surface area contributed by atoms with Gasteiger partial charge in [0.15, 0.2) is 5.12 Å². The maximum atomic E-state index is 11.1. The SMILES string of the molecule is COCCSCCCC(CN)(CCCSCCOC)CCCSC(C)=O. The molecule has 0 spiro atoms. The number of hydrogen-bond donors (Lipinski definition) is 1. The highest BCUT2D eigenvalue weighted by Crippen LogP contribution is 2.35. The van der Waals surface area contributed by atoms with E-state index in [1.807, 2.05) is 23.5 Å². The zero-order valence-electron chi connectivity index (χ0n) is 16.9. The molecule has 0 aliphatic rings. The van der Waals surface area contributed by atoms with Crippen molar-refractivity contribution in [2.45, 2.75) is 45.4 Å². The van der Waals surface area contributed by atoms with Crippen molar-refractivity contribution >= 4 is 40.4 Å². The molecule has 0 saturated carbocycles. The summed E-state index contributed by atoms with van der Waals surface area (Å²) in [5.41, 5.74) is 6.48. The molecule has 0 aromatic rings. The van der Waals surface area contributed by atoms with Crippen LogP contribution in [0.15, 0.2) is 0 Å². The van der Waals surface area contributed by atoms with E-state index in [4.69, 9.17) is 15.2 Å². The number of carbonyl (C=O) groups excluding carboxylic acids is 1. The van der Waals surface area contributed by atoms with E-state index in [9.17, 15) is 4.79 Å². The minimum Gasteiger partial charge on any atom is -0.384 e. The number of rotatable bonds is 19. The summed E-state index contributed by atoms with van der Waals surface area (Å²) in [5.74, 6) is 5.41. The second-order valence-electron chi connectivity index (χ2n) is 6.57. The molecule has 0 amide bonds. The zero-order valence-corrected chi connectivity index (χ0v) is 19.4. The minimum atomic E-state index is 0.215. The highest BCUT2D eigenvalue weighted by molar-refractivity contribution is 8.13. The Morgan fingerprint density at radius 3 is 1.69 bits per heavy atom. The molecular weight excluding hydrogens is 386 g/mol. The van der Waals surface area contributed by atoms with Gasteiger partial charge in [0, 0.05) is 38.4 Å². The maximum absolute atomic E-state index is 11.1. The normalized spacial score (nSPS) is 11.8. The van der Waals surface area contributed by atoms with Gasteiger partial charge in [-0.25, -0.2) is 0 Å². The molecule has 0 bridgehead atoms. The van der Waals surface area contributed by atoms with Crippen LogP contribution in [-0.4, -0.2) is 67.9 Å². The number of thioether (sulfide) groups is 3. The zero-order chi connectivity index (χ0) is 19.5. The number of ether oxygens (including phenoxy) is 2. The van der Waals surface area contributed by atoms with E-state index >= 15 is 0 Å². The van der Waals surface area contributed by atoms with Gasteiger partial charge in [-0.05, 0) is 62.0 Å². The molecule has 0 radical (unpaired) electrons. The molecule has 0 aromatic heterocycles. The minimum absolute atomic E-state index is 0.215. The lowest BCUT2D eigenvalue weighted by molar-refractivity contribution is -0.109. The van der Waals surface area contributed by atoms with Crippen molar-refractivity contribution in [1.82, 2.24) is 0 Å². The van der Waals surface area contributed by atoms with Gasteiger partial charge in [0.25, 0.3) is 0 Å². The van der Waals surface area contributed by atoms with Crippen molar-refractivity contribution in [2.75, 3.05) is 62.7 Å². The van der Waals surface area contributed by atoms with Gasteiger partial charge in [0.1, 0.15) is 0 Å². The Morgan fingerprint density at radius 2 is 1.31 bits per heavy atom. The maximum Gasteiger partial charge on any atom is 0.185 e. The number of hydrogen-bond acceptors (Lipinski definition) is 7. The van der Waals surface area contributed by atoms with Crippen LogP contribution in [0.2, 0.25) is 0 Å². The number of carbonyl (C=O) groups is 1. The molecule has 0 aliphatic carbocycles. The summed E-state index contributed by atoms with van der Waals surface area (Å²) in [4.78, 5) is 11.1. The Bertz CT molecular complexity index is 317. The van der Waals surface area contributed by atoms with Crippen molar-refractivity contribution in [3.63, 3.8) is 0 Å². The summed E-state index contributed by atoms with van der Waals surface area (Å²) < 4.78 is 10.2. The fourth-order valence-corrected chi connectivity index (χ4v) is 5.18. The van der Waals surface area contributed by atoms with Gasteiger partial charge in [-0.15, -0.1) is 0 Å². The first-order valence-electron chi connectivity index (χ1n) is 9.57. The summed E-state index contributed by atoms with van der Waals surface area (Å²) >= 11 is 5.37. The first-order valence-corrected chi connectivity index (χ1v) is 12.9. The van der Waals surface area contributed by atoms with Gasteiger partial charge in [0.2, 0.25) is 0 Å². The second kappa shape index (κ2) is 18.9. The third-order valence-electron chi connectivity index (χ3n) is 4.44. The molecule has 4 nitrogen and oxygen atoms in total. The molecule has 0 heterocycles. The van der Waals surface area contributed by atoms with Gasteiger partial charge in [-0.3, -0.25) is 4.79 Å². The summed E-state index contributed by atoms with van der Waals surface area (Å²) in [5, 5.41) is 0.215. The highest BCUT2D eigenvalue weighted by Gasteiger charge is 2.27. The van der Waals surface area contributed by atoms with Crippen LogP contribution in [-0.2, 0) is 14.3 Å². The van der Waals surface area contributed by atoms with E-state index in [-0.39, 0.29) is 10.5 Å². The van der Waals surface area contributed by atoms with Crippen LogP contribution >= 0.6 is 35.3 Å². The van der Waals surface area contributed by atoms with Crippen molar-refractivity contribution in [3.05, 3.63) is 0 Å². The van der Waals surface area contributed by atoms with Crippen LogP contribution in [0.4, 0.5) is 0 Å². The predicted molar refractivity (Wildman–Crippen MR) is 121 cm³/mol. The summed E-state index contributed by atoms with van der Waals surface area (Å²) in [6, 6.07) is 0. The van der Waals surface area contributed by atoms with Gasteiger partial charge < -0.3 is 15.2 Å². The molecule has 0 aromatic carbocycles. The van der Waals surface area contributed by atoms with Crippen LogP contribution in [0.1, 0.15) is 45.4 Å². The van der Waals surface area contributed by atoms with E-state index in [1.165, 1.54) is 49.0 Å². The Hall–Kier alpha value is 0.600.